The smallest absolute Gasteiger partial charge is 0.215 e. The molecule has 27 heavy (non-hydrogen) atoms. The Balaban J connectivity index is 2.16. The summed E-state index contributed by atoms with van der Waals surface area (Å²) in [6.07, 6.45) is 0. The van der Waals surface area contributed by atoms with E-state index in [2.05, 4.69) is 4.72 Å². The van der Waals surface area contributed by atoms with Gasteiger partial charge in [-0.15, -0.1) is 0 Å². The Bertz CT molecular complexity index is 866. The van der Waals surface area contributed by atoms with E-state index in [1.807, 2.05) is 68.4 Å². The highest BCUT2D eigenvalue weighted by Crippen LogP contribution is 2.31. The molecule has 2 rings (SSSR count). The van der Waals surface area contributed by atoms with Crippen LogP contribution >= 0.6 is 0 Å². The summed E-state index contributed by atoms with van der Waals surface area (Å²) in [6.45, 7) is 2.17. The highest BCUT2D eigenvalue weighted by Gasteiger charge is 2.20. The third kappa shape index (κ3) is 5.69. The zero-order valence-electron chi connectivity index (χ0n) is 16.5. The summed E-state index contributed by atoms with van der Waals surface area (Å²) in [6, 6.07) is 13.0. The Kier molecular flexibility index (Phi) is 7.24. The van der Waals surface area contributed by atoms with Crippen LogP contribution < -0.4 is 14.2 Å². The summed E-state index contributed by atoms with van der Waals surface area (Å²) >= 11 is 0. The van der Waals surface area contributed by atoms with Crippen LogP contribution in [0, 0.1) is 6.92 Å². The first-order valence-electron chi connectivity index (χ1n) is 8.67. The van der Waals surface area contributed by atoms with Crippen LogP contribution in [0.25, 0.3) is 0 Å². The van der Waals surface area contributed by atoms with E-state index in [4.69, 9.17) is 9.47 Å². The fourth-order valence-corrected chi connectivity index (χ4v) is 4.14. The zero-order valence-corrected chi connectivity index (χ0v) is 17.3. The van der Waals surface area contributed by atoms with Gasteiger partial charge in [-0.1, -0.05) is 30.3 Å². The highest BCUT2D eigenvalue weighted by molar-refractivity contribution is 7.88. The molecule has 2 aromatic carbocycles. The summed E-state index contributed by atoms with van der Waals surface area (Å²) in [4.78, 5) is 1.97. The van der Waals surface area contributed by atoms with Gasteiger partial charge in [-0.05, 0) is 49.8 Å². The minimum atomic E-state index is -3.45. The van der Waals surface area contributed by atoms with Crippen LogP contribution in [0.3, 0.4) is 0 Å². The molecular weight excluding hydrogens is 364 g/mol. The Hall–Kier alpha value is -2.09. The lowest BCUT2D eigenvalue weighted by atomic mass is 10.1. The number of hydrogen-bond donors (Lipinski definition) is 1. The Morgan fingerprint density at radius 3 is 2.30 bits per heavy atom. The summed E-state index contributed by atoms with van der Waals surface area (Å²) in [5.74, 6) is 1.22. The molecule has 0 aliphatic heterocycles. The van der Waals surface area contributed by atoms with Gasteiger partial charge in [-0.2, -0.15) is 0 Å². The van der Waals surface area contributed by atoms with Crippen molar-refractivity contribution in [3.05, 3.63) is 59.2 Å². The molecule has 0 amide bonds. The van der Waals surface area contributed by atoms with Gasteiger partial charge in [0.25, 0.3) is 0 Å². The van der Waals surface area contributed by atoms with Crippen LogP contribution in [0.1, 0.15) is 22.7 Å². The number of rotatable bonds is 9. The van der Waals surface area contributed by atoms with Crippen LogP contribution in [0.2, 0.25) is 0 Å². The normalized spacial score (nSPS) is 12.8. The predicted molar refractivity (Wildman–Crippen MR) is 108 cm³/mol. The van der Waals surface area contributed by atoms with E-state index in [-0.39, 0.29) is 18.3 Å². The first-order valence-corrected chi connectivity index (χ1v) is 10.3. The van der Waals surface area contributed by atoms with Crippen molar-refractivity contribution in [3.63, 3.8) is 0 Å². The lowest BCUT2D eigenvalue weighted by molar-refractivity contribution is 0.297. The molecule has 1 unspecified atom stereocenters. The number of methoxy groups -OCH3 is 2. The second kappa shape index (κ2) is 9.21. The largest absolute Gasteiger partial charge is 0.493 e. The van der Waals surface area contributed by atoms with Crippen molar-refractivity contribution in [2.45, 2.75) is 18.7 Å². The van der Waals surface area contributed by atoms with Crippen LogP contribution in [0.15, 0.2) is 42.5 Å². The maximum absolute atomic E-state index is 12.6. The third-order valence-corrected chi connectivity index (χ3v) is 5.82. The van der Waals surface area contributed by atoms with Gasteiger partial charge in [-0.25, -0.2) is 13.1 Å². The number of ether oxygens (including phenoxy) is 2. The molecule has 0 bridgehead atoms. The van der Waals surface area contributed by atoms with Crippen LogP contribution in [0.4, 0.5) is 0 Å². The molecule has 0 aromatic heterocycles. The fraction of sp³-hybridized carbons (Fsp3) is 0.400. The molecule has 148 valence electrons. The topological polar surface area (TPSA) is 67.9 Å². The molecule has 0 fully saturated rings. The zero-order chi connectivity index (χ0) is 20.0. The van der Waals surface area contributed by atoms with Gasteiger partial charge in [0.15, 0.2) is 11.5 Å². The molecule has 0 radical (unpaired) electrons. The Labute approximate surface area is 162 Å². The average molecular weight is 393 g/mol. The van der Waals surface area contributed by atoms with Gasteiger partial charge in [0.05, 0.1) is 20.0 Å². The average Bonchev–Trinajstić information content (AvgIpc) is 2.63. The fourth-order valence-electron chi connectivity index (χ4n) is 2.89. The molecule has 1 atom stereocenters. The van der Waals surface area contributed by atoms with Gasteiger partial charge in [-0.3, -0.25) is 0 Å². The molecular formula is C20H28N2O4S. The molecule has 2 aromatic rings. The van der Waals surface area contributed by atoms with E-state index in [1.165, 1.54) is 0 Å². The standard InChI is InChI=1S/C20H28N2O4S/c1-15-8-6-7-9-17(15)14-27(23,24)21-13-18(22(2)3)16-10-11-19(25-4)20(12-16)26-5/h6-12,18,21H,13-14H2,1-5H3. The van der Waals surface area contributed by atoms with Crippen LogP contribution in [0.5, 0.6) is 11.5 Å². The first-order chi connectivity index (χ1) is 12.8. The van der Waals surface area contributed by atoms with Gasteiger partial charge in [0.2, 0.25) is 10.0 Å². The quantitative estimate of drug-likeness (QED) is 0.711. The maximum atomic E-state index is 12.6. The summed E-state index contributed by atoms with van der Waals surface area (Å²) in [5.41, 5.74) is 2.71. The number of aryl methyl sites for hydroxylation is 1. The maximum Gasteiger partial charge on any atom is 0.215 e. The number of hydrogen-bond acceptors (Lipinski definition) is 5. The minimum Gasteiger partial charge on any atom is -0.493 e. The van der Waals surface area contributed by atoms with E-state index in [9.17, 15) is 8.42 Å². The molecule has 6 nitrogen and oxygen atoms in total. The summed E-state index contributed by atoms with van der Waals surface area (Å²) in [5, 5.41) is 0. The summed E-state index contributed by atoms with van der Waals surface area (Å²) < 4.78 is 38.5. The van der Waals surface area contributed by atoms with Crippen molar-refractivity contribution in [2.75, 3.05) is 34.9 Å². The third-order valence-electron chi connectivity index (χ3n) is 4.52. The lowest BCUT2D eigenvalue weighted by Crippen LogP contribution is -2.35. The van der Waals surface area contributed by atoms with E-state index in [0.29, 0.717) is 11.5 Å². The predicted octanol–water partition coefficient (Wildman–Crippen LogP) is 2.73. The van der Waals surface area contributed by atoms with E-state index >= 15 is 0 Å². The Morgan fingerprint density at radius 2 is 1.70 bits per heavy atom. The van der Waals surface area contributed by atoms with Crippen LogP contribution in [-0.2, 0) is 15.8 Å². The van der Waals surface area contributed by atoms with E-state index in [1.54, 1.807) is 14.2 Å². The first kappa shape index (κ1) is 21.2. The summed E-state index contributed by atoms with van der Waals surface area (Å²) in [7, 11) is 3.54. The van der Waals surface area contributed by atoms with Crippen molar-refractivity contribution in [1.82, 2.24) is 9.62 Å². The molecule has 1 N–H and O–H groups in total. The molecule has 0 spiro atoms. The molecule has 0 aliphatic rings. The van der Waals surface area contributed by atoms with Crippen LogP contribution in [-0.4, -0.2) is 48.2 Å². The number of nitrogens with one attached hydrogen (secondary N) is 1. The highest BCUT2D eigenvalue weighted by atomic mass is 32.2. The van der Waals surface area contributed by atoms with Crippen molar-refractivity contribution in [1.29, 1.82) is 0 Å². The lowest BCUT2D eigenvalue weighted by Gasteiger charge is -2.26. The van der Waals surface area contributed by atoms with Gasteiger partial charge in [0.1, 0.15) is 0 Å². The van der Waals surface area contributed by atoms with Crippen molar-refractivity contribution in [3.8, 4) is 11.5 Å². The van der Waals surface area contributed by atoms with Crippen molar-refractivity contribution < 1.29 is 17.9 Å². The Morgan fingerprint density at radius 1 is 1.04 bits per heavy atom. The van der Waals surface area contributed by atoms with Gasteiger partial charge >= 0.3 is 0 Å². The number of likely N-dealkylation sites (N-methyl/N-ethyl adjacent to an activating group) is 1. The minimum absolute atomic E-state index is 0.0360. The van der Waals surface area contributed by atoms with Crippen molar-refractivity contribution in [2.24, 2.45) is 0 Å². The van der Waals surface area contributed by atoms with Gasteiger partial charge < -0.3 is 14.4 Å². The second-order valence-corrected chi connectivity index (χ2v) is 8.43. The van der Waals surface area contributed by atoms with E-state index in [0.717, 1.165) is 16.7 Å². The molecule has 0 heterocycles. The molecule has 0 saturated carbocycles. The number of nitrogens with zero attached hydrogens (tertiary/aromatic N) is 1. The molecule has 7 heteroatoms. The molecule has 0 aliphatic carbocycles. The van der Waals surface area contributed by atoms with E-state index < -0.39 is 10.0 Å². The second-order valence-electron chi connectivity index (χ2n) is 6.63. The monoisotopic (exact) mass is 392 g/mol. The number of sulfonamides is 1. The SMILES string of the molecule is COc1ccc(C(CNS(=O)(=O)Cc2ccccc2C)N(C)C)cc1OC. The van der Waals surface area contributed by atoms with Gasteiger partial charge in [0, 0.05) is 12.6 Å². The van der Waals surface area contributed by atoms with Crippen molar-refractivity contribution >= 4 is 10.0 Å². The number of benzene rings is 2. The molecule has 0 saturated heterocycles.